The average Bonchev–Trinajstić information content (AvgIpc) is 2.38. The first-order valence-electron chi connectivity index (χ1n) is 5.43. The Hall–Kier alpha value is -2.42. The van der Waals surface area contributed by atoms with Gasteiger partial charge in [-0.2, -0.15) is 0 Å². The van der Waals surface area contributed by atoms with Crippen molar-refractivity contribution in [1.82, 2.24) is 0 Å². The number of rotatable bonds is 3. The molecule has 0 saturated heterocycles. The van der Waals surface area contributed by atoms with Crippen LogP contribution in [0, 0.1) is 5.82 Å². The van der Waals surface area contributed by atoms with Crippen molar-refractivity contribution in [3.05, 3.63) is 71.5 Å². The molecule has 2 rings (SSSR count). The number of halogens is 1. The second-order valence-corrected chi connectivity index (χ2v) is 3.78. The molecule has 2 nitrogen and oxygen atoms in total. The van der Waals surface area contributed by atoms with E-state index in [1.807, 2.05) is 6.07 Å². The lowest BCUT2D eigenvalue weighted by atomic mass is 10.0. The highest BCUT2D eigenvalue weighted by atomic mass is 19.1. The Labute approximate surface area is 104 Å². The molecule has 0 atom stereocenters. The molecule has 0 amide bonds. The summed E-state index contributed by atoms with van der Waals surface area (Å²) >= 11 is 0. The molecule has 2 aromatic rings. The number of benzene rings is 2. The normalized spacial score (nSPS) is 11.3. The van der Waals surface area contributed by atoms with Gasteiger partial charge >= 0.3 is 5.97 Å². The third-order valence-electron chi connectivity index (χ3n) is 2.50. The molecule has 0 heterocycles. The van der Waals surface area contributed by atoms with Crippen LogP contribution >= 0.6 is 0 Å². The van der Waals surface area contributed by atoms with Crippen LogP contribution in [-0.2, 0) is 4.79 Å². The molecule has 0 radical (unpaired) electrons. The highest BCUT2D eigenvalue weighted by Crippen LogP contribution is 2.18. The maximum absolute atomic E-state index is 12.8. The van der Waals surface area contributed by atoms with Gasteiger partial charge in [0.25, 0.3) is 0 Å². The first-order chi connectivity index (χ1) is 8.66. The number of aliphatic carboxylic acids is 1. The molecule has 0 aliphatic carbocycles. The smallest absolute Gasteiger partial charge is 0.336 e. The summed E-state index contributed by atoms with van der Waals surface area (Å²) in [5, 5.41) is 9.20. The zero-order valence-electron chi connectivity index (χ0n) is 9.51. The molecule has 0 spiro atoms. The Morgan fingerprint density at radius 1 is 1.00 bits per heavy atom. The van der Waals surface area contributed by atoms with Gasteiger partial charge in [-0.05, 0) is 29.3 Å². The summed E-state index contributed by atoms with van der Waals surface area (Å²) in [6.45, 7) is 0. The van der Waals surface area contributed by atoms with Gasteiger partial charge in [0.15, 0.2) is 0 Å². The molecule has 18 heavy (non-hydrogen) atoms. The number of hydrogen-bond acceptors (Lipinski definition) is 1. The van der Waals surface area contributed by atoms with E-state index in [2.05, 4.69) is 0 Å². The molecule has 2 aromatic carbocycles. The maximum Gasteiger partial charge on any atom is 0.336 e. The fraction of sp³-hybridized carbons (Fsp3) is 0. The minimum Gasteiger partial charge on any atom is -0.478 e. The third-order valence-corrected chi connectivity index (χ3v) is 2.50. The van der Waals surface area contributed by atoms with E-state index in [-0.39, 0.29) is 11.4 Å². The highest BCUT2D eigenvalue weighted by Gasteiger charge is 2.09. The second-order valence-electron chi connectivity index (χ2n) is 3.78. The summed E-state index contributed by atoms with van der Waals surface area (Å²) < 4.78 is 12.8. The Bertz CT molecular complexity index is 571. The summed E-state index contributed by atoms with van der Waals surface area (Å²) in [5.41, 5.74) is 1.45. The first-order valence-corrected chi connectivity index (χ1v) is 5.43. The van der Waals surface area contributed by atoms with Gasteiger partial charge in [0.1, 0.15) is 5.82 Å². The Morgan fingerprint density at radius 2 is 1.61 bits per heavy atom. The molecular formula is C15H11FO2. The van der Waals surface area contributed by atoms with E-state index in [4.69, 9.17) is 0 Å². The summed E-state index contributed by atoms with van der Waals surface area (Å²) in [6.07, 6.45) is 1.52. The molecule has 0 aromatic heterocycles. The minimum atomic E-state index is -1.01. The van der Waals surface area contributed by atoms with Gasteiger partial charge < -0.3 is 5.11 Å². The SMILES string of the molecule is O=C(O)C(=Cc1ccc(F)cc1)c1ccccc1. The van der Waals surface area contributed by atoms with Gasteiger partial charge in [-0.25, -0.2) is 9.18 Å². The Morgan fingerprint density at radius 3 is 2.17 bits per heavy atom. The molecule has 0 aliphatic rings. The molecular weight excluding hydrogens is 231 g/mol. The molecule has 0 bridgehead atoms. The van der Waals surface area contributed by atoms with Crippen LogP contribution in [0.1, 0.15) is 11.1 Å². The van der Waals surface area contributed by atoms with Crippen LogP contribution in [0.4, 0.5) is 4.39 Å². The summed E-state index contributed by atoms with van der Waals surface area (Å²) in [4.78, 5) is 11.2. The molecule has 3 heteroatoms. The highest BCUT2D eigenvalue weighted by molar-refractivity contribution is 6.20. The largest absolute Gasteiger partial charge is 0.478 e. The quantitative estimate of drug-likeness (QED) is 0.661. The van der Waals surface area contributed by atoms with Crippen LogP contribution in [-0.4, -0.2) is 11.1 Å². The standard InChI is InChI=1S/C15H11FO2/c16-13-8-6-11(7-9-13)10-14(15(17)18)12-4-2-1-3-5-12/h1-10H,(H,17,18). The van der Waals surface area contributed by atoms with Gasteiger partial charge in [-0.15, -0.1) is 0 Å². The molecule has 0 unspecified atom stereocenters. The maximum atomic E-state index is 12.8. The van der Waals surface area contributed by atoms with Gasteiger partial charge in [0, 0.05) is 0 Å². The summed E-state index contributed by atoms with van der Waals surface area (Å²) in [7, 11) is 0. The lowest BCUT2D eigenvalue weighted by Crippen LogP contribution is -1.99. The fourth-order valence-electron chi connectivity index (χ4n) is 1.61. The van der Waals surface area contributed by atoms with E-state index in [9.17, 15) is 14.3 Å². The van der Waals surface area contributed by atoms with Crippen LogP contribution in [0.3, 0.4) is 0 Å². The van der Waals surface area contributed by atoms with Crippen LogP contribution in [0.5, 0.6) is 0 Å². The molecule has 90 valence electrons. The van der Waals surface area contributed by atoms with Crippen molar-refractivity contribution >= 4 is 17.6 Å². The lowest BCUT2D eigenvalue weighted by Gasteiger charge is -2.02. The van der Waals surface area contributed by atoms with Crippen LogP contribution in [0.15, 0.2) is 54.6 Å². The van der Waals surface area contributed by atoms with E-state index in [1.54, 1.807) is 36.4 Å². The van der Waals surface area contributed by atoms with Crippen LogP contribution in [0.25, 0.3) is 11.6 Å². The van der Waals surface area contributed by atoms with Crippen LogP contribution in [0.2, 0.25) is 0 Å². The monoisotopic (exact) mass is 242 g/mol. The molecule has 0 saturated carbocycles. The van der Waals surface area contributed by atoms with Gasteiger partial charge in [-0.1, -0.05) is 42.5 Å². The van der Waals surface area contributed by atoms with Crippen molar-refractivity contribution < 1.29 is 14.3 Å². The fourth-order valence-corrected chi connectivity index (χ4v) is 1.61. The van der Waals surface area contributed by atoms with Gasteiger partial charge in [0.05, 0.1) is 5.57 Å². The summed E-state index contributed by atoms with van der Waals surface area (Å²) in [6, 6.07) is 14.5. The van der Waals surface area contributed by atoms with Gasteiger partial charge in [0.2, 0.25) is 0 Å². The number of carboxylic acids is 1. The number of carbonyl (C=O) groups is 1. The van der Waals surface area contributed by atoms with Crippen molar-refractivity contribution in [3.8, 4) is 0 Å². The zero-order chi connectivity index (χ0) is 13.0. The van der Waals surface area contributed by atoms with Crippen molar-refractivity contribution in [2.24, 2.45) is 0 Å². The van der Waals surface area contributed by atoms with Crippen molar-refractivity contribution in [2.75, 3.05) is 0 Å². The Kier molecular flexibility index (Phi) is 3.53. The number of carboxylic acid groups (broad SMARTS) is 1. The first kappa shape index (κ1) is 12.0. The van der Waals surface area contributed by atoms with Crippen molar-refractivity contribution in [2.45, 2.75) is 0 Å². The predicted octanol–water partition coefficient (Wildman–Crippen LogP) is 3.45. The minimum absolute atomic E-state index is 0.183. The lowest BCUT2D eigenvalue weighted by molar-refractivity contribution is -0.130. The van der Waals surface area contributed by atoms with E-state index in [0.29, 0.717) is 11.1 Å². The van der Waals surface area contributed by atoms with E-state index in [1.165, 1.54) is 18.2 Å². The zero-order valence-corrected chi connectivity index (χ0v) is 9.51. The Balaban J connectivity index is 2.43. The van der Waals surface area contributed by atoms with Crippen molar-refractivity contribution in [1.29, 1.82) is 0 Å². The third kappa shape index (κ3) is 2.83. The molecule has 1 N–H and O–H groups in total. The average molecular weight is 242 g/mol. The van der Waals surface area contributed by atoms with E-state index < -0.39 is 5.97 Å². The van der Waals surface area contributed by atoms with Gasteiger partial charge in [-0.3, -0.25) is 0 Å². The van der Waals surface area contributed by atoms with Crippen molar-refractivity contribution in [3.63, 3.8) is 0 Å². The van der Waals surface area contributed by atoms with E-state index >= 15 is 0 Å². The van der Waals surface area contributed by atoms with E-state index in [0.717, 1.165) is 0 Å². The number of hydrogen-bond donors (Lipinski definition) is 1. The molecule has 0 aliphatic heterocycles. The van der Waals surface area contributed by atoms with Crippen LogP contribution < -0.4 is 0 Å². The topological polar surface area (TPSA) is 37.3 Å². The predicted molar refractivity (Wildman–Crippen MR) is 68.3 cm³/mol. The summed E-state index contributed by atoms with van der Waals surface area (Å²) in [5.74, 6) is -1.35. The molecule has 0 fully saturated rings. The second kappa shape index (κ2) is 5.27.